The van der Waals surface area contributed by atoms with Crippen molar-refractivity contribution in [2.45, 2.75) is 13.3 Å². The van der Waals surface area contributed by atoms with E-state index >= 15 is 0 Å². The first-order valence-corrected chi connectivity index (χ1v) is 6.46. The minimum absolute atomic E-state index is 0.405. The summed E-state index contributed by atoms with van der Waals surface area (Å²) in [5.41, 5.74) is 8.18. The first-order valence-electron chi connectivity index (χ1n) is 6.46. The summed E-state index contributed by atoms with van der Waals surface area (Å²) in [4.78, 5) is 8.70. The number of hydrogen-bond acceptors (Lipinski definition) is 1. The van der Waals surface area contributed by atoms with Crippen LogP contribution in [0.5, 0.6) is 0 Å². The molecule has 0 aliphatic heterocycles. The van der Waals surface area contributed by atoms with Gasteiger partial charge >= 0.3 is 0 Å². The minimum atomic E-state index is 0.405. The van der Waals surface area contributed by atoms with E-state index in [0.717, 1.165) is 17.6 Å². The van der Waals surface area contributed by atoms with E-state index in [-0.39, 0.29) is 0 Å². The number of aliphatic imine (C=N–C) groups is 2. The Labute approximate surface area is 114 Å². The highest BCUT2D eigenvalue weighted by atomic mass is 15.0. The van der Waals surface area contributed by atoms with Crippen molar-refractivity contribution in [1.29, 1.82) is 0 Å². The van der Waals surface area contributed by atoms with E-state index < -0.39 is 0 Å². The third-order valence-corrected chi connectivity index (χ3v) is 3.20. The fourth-order valence-electron chi connectivity index (χ4n) is 2.09. The van der Waals surface area contributed by atoms with Gasteiger partial charge in [-0.15, -0.1) is 0 Å². The Bertz CT molecular complexity index is 551. The molecule has 0 spiro atoms. The molecule has 2 rings (SSSR count). The van der Waals surface area contributed by atoms with Gasteiger partial charge in [0, 0.05) is 12.6 Å². The molecule has 0 saturated carbocycles. The van der Waals surface area contributed by atoms with E-state index in [2.05, 4.69) is 23.0 Å². The van der Waals surface area contributed by atoms with Gasteiger partial charge in [-0.3, -0.25) is 4.99 Å². The third kappa shape index (κ3) is 3.19. The van der Waals surface area contributed by atoms with Crippen LogP contribution in [0.3, 0.4) is 0 Å². The largest absolute Gasteiger partial charge is 0.383 e. The maximum Gasteiger partial charge on any atom is 0.156 e. The highest BCUT2D eigenvalue weighted by molar-refractivity contribution is 6.11. The molecular formula is C16H19N3. The molecule has 0 aromatic heterocycles. The monoisotopic (exact) mass is 253 g/mol. The standard InChI is InChI=1S/C16H19N3/c1-12-8-6-7-11-14(12)15(17)19-16(18-2)13-9-4-3-5-10-13/h3-7,9-12H,8H2,1-2H3,(H2,17,18,19). The van der Waals surface area contributed by atoms with Crippen LogP contribution in [0.1, 0.15) is 18.9 Å². The van der Waals surface area contributed by atoms with Crippen molar-refractivity contribution < 1.29 is 0 Å². The Morgan fingerprint density at radius 3 is 2.63 bits per heavy atom. The normalized spacial score (nSPS) is 20.3. The molecule has 19 heavy (non-hydrogen) atoms. The van der Waals surface area contributed by atoms with Crippen LogP contribution in [-0.2, 0) is 0 Å². The van der Waals surface area contributed by atoms with Crippen molar-refractivity contribution in [2.24, 2.45) is 21.6 Å². The van der Waals surface area contributed by atoms with Gasteiger partial charge in [0.05, 0.1) is 0 Å². The lowest BCUT2D eigenvalue weighted by atomic mass is 9.92. The van der Waals surface area contributed by atoms with E-state index in [4.69, 9.17) is 5.73 Å². The molecule has 1 atom stereocenters. The Kier molecular flexibility index (Phi) is 4.29. The second kappa shape index (κ2) is 6.14. The predicted molar refractivity (Wildman–Crippen MR) is 81.5 cm³/mol. The van der Waals surface area contributed by atoms with Crippen molar-refractivity contribution in [1.82, 2.24) is 0 Å². The zero-order valence-electron chi connectivity index (χ0n) is 11.4. The van der Waals surface area contributed by atoms with Crippen LogP contribution in [0.25, 0.3) is 0 Å². The van der Waals surface area contributed by atoms with Crippen molar-refractivity contribution in [3.05, 3.63) is 59.7 Å². The molecule has 0 saturated heterocycles. The van der Waals surface area contributed by atoms with Crippen molar-refractivity contribution >= 4 is 11.7 Å². The average Bonchev–Trinajstić information content (AvgIpc) is 2.46. The summed E-state index contributed by atoms with van der Waals surface area (Å²) in [6.07, 6.45) is 7.22. The van der Waals surface area contributed by atoms with Gasteiger partial charge in [-0.1, -0.05) is 55.5 Å². The quantitative estimate of drug-likeness (QED) is 0.639. The number of nitrogens with two attached hydrogens (primary N) is 1. The maximum atomic E-state index is 6.12. The first kappa shape index (κ1) is 13.3. The molecule has 1 unspecified atom stereocenters. The Balaban J connectivity index is 2.29. The lowest BCUT2D eigenvalue weighted by Gasteiger charge is -2.16. The fourth-order valence-corrected chi connectivity index (χ4v) is 2.09. The van der Waals surface area contributed by atoms with Gasteiger partial charge in [0.1, 0.15) is 5.84 Å². The van der Waals surface area contributed by atoms with Crippen LogP contribution in [-0.4, -0.2) is 18.7 Å². The smallest absolute Gasteiger partial charge is 0.156 e. The second-order valence-electron chi connectivity index (χ2n) is 4.60. The molecule has 2 N–H and O–H groups in total. The maximum absolute atomic E-state index is 6.12. The number of benzene rings is 1. The SMILES string of the molecule is CN=C(N=C(N)C1=CC=CCC1C)c1ccccc1. The number of allylic oxidation sites excluding steroid dienone is 3. The first-order chi connectivity index (χ1) is 9.22. The fraction of sp³-hybridized carbons (Fsp3) is 0.250. The Hall–Kier alpha value is -2.16. The molecule has 0 bridgehead atoms. The minimum Gasteiger partial charge on any atom is -0.383 e. The van der Waals surface area contributed by atoms with Gasteiger partial charge in [0.15, 0.2) is 5.84 Å². The highest BCUT2D eigenvalue weighted by Crippen LogP contribution is 2.20. The topological polar surface area (TPSA) is 50.7 Å². The molecule has 3 heteroatoms. The van der Waals surface area contributed by atoms with Gasteiger partial charge < -0.3 is 5.73 Å². The van der Waals surface area contributed by atoms with E-state index in [1.54, 1.807) is 7.05 Å². The Morgan fingerprint density at radius 2 is 2.00 bits per heavy atom. The van der Waals surface area contributed by atoms with E-state index in [1.165, 1.54) is 0 Å². The van der Waals surface area contributed by atoms with Crippen LogP contribution in [0, 0.1) is 5.92 Å². The van der Waals surface area contributed by atoms with Crippen LogP contribution in [0.15, 0.2) is 64.1 Å². The number of amidine groups is 2. The lowest BCUT2D eigenvalue weighted by molar-refractivity contribution is 0.712. The number of nitrogens with zero attached hydrogens (tertiary/aromatic N) is 2. The average molecular weight is 253 g/mol. The van der Waals surface area contributed by atoms with E-state index in [9.17, 15) is 0 Å². The van der Waals surface area contributed by atoms with Gasteiger partial charge in [0.25, 0.3) is 0 Å². The molecule has 1 aliphatic carbocycles. The van der Waals surface area contributed by atoms with Crippen molar-refractivity contribution in [3.63, 3.8) is 0 Å². The molecule has 0 heterocycles. The second-order valence-corrected chi connectivity index (χ2v) is 4.60. The molecular weight excluding hydrogens is 234 g/mol. The summed E-state index contributed by atoms with van der Waals surface area (Å²) in [6, 6.07) is 9.88. The predicted octanol–water partition coefficient (Wildman–Crippen LogP) is 2.94. The Morgan fingerprint density at radius 1 is 1.26 bits per heavy atom. The van der Waals surface area contributed by atoms with Crippen LogP contribution in [0.2, 0.25) is 0 Å². The van der Waals surface area contributed by atoms with Gasteiger partial charge in [-0.2, -0.15) is 0 Å². The number of hydrogen-bond donors (Lipinski definition) is 1. The van der Waals surface area contributed by atoms with Crippen LogP contribution < -0.4 is 5.73 Å². The van der Waals surface area contributed by atoms with Gasteiger partial charge in [0.2, 0.25) is 0 Å². The van der Waals surface area contributed by atoms with E-state index in [0.29, 0.717) is 17.6 Å². The molecule has 0 radical (unpaired) electrons. The highest BCUT2D eigenvalue weighted by Gasteiger charge is 2.14. The molecule has 1 aromatic rings. The number of rotatable bonds is 2. The summed E-state index contributed by atoms with van der Waals surface area (Å²) in [5, 5.41) is 0. The zero-order chi connectivity index (χ0) is 13.7. The molecule has 3 nitrogen and oxygen atoms in total. The summed E-state index contributed by atoms with van der Waals surface area (Å²) in [7, 11) is 1.73. The molecule has 0 fully saturated rings. The molecule has 98 valence electrons. The summed E-state index contributed by atoms with van der Waals surface area (Å²) >= 11 is 0. The molecule has 1 aromatic carbocycles. The van der Waals surface area contributed by atoms with E-state index in [1.807, 2.05) is 42.5 Å². The lowest BCUT2D eigenvalue weighted by Crippen LogP contribution is -2.22. The summed E-state index contributed by atoms with van der Waals surface area (Å²) < 4.78 is 0. The summed E-state index contributed by atoms with van der Waals surface area (Å²) in [6.45, 7) is 2.16. The molecule has 0 amide bonds. The van der Waals surface area contributed by atoms with Gasteiger partial charge in [-0.05, 0) is 17.9 Å². The zero-order valence-corrected chi connectivity index (χ0v) is 11.4. The van der Waals surface area contributed by atoms with Crippen LogP contribution >= 0.6 is 0 Å². The van der Waals surface area contributed by atoms with Gasteiger partial charge in [-0.25, -0.2) is 4.99 Å². The van der Waals surface area contributed by atoms with Crippen molar-refractivity contribution in [3.8, 4) is 0 Å². The van der Waals surface area contributed by atoms with Crippen LogP contribution in [0.4, 0.5) is 0 Å². The van der Waals surface area contributed by atoms with Crippen molar-refractivity contribution in [2.75, 3.05) is 7.05 Å². The summed E-state index contributed by atoms with van der Waals surface area (Å²) in [5.74, 6) is 1.63. The third-order valence-electron chi connectivity index (χ3n) is 3.20. The molecule has 1 aliphatic rings.